The Morgan fingerprint density at radius 1 is 1.06 bits per heavy atom. The van der Waals surface area contributed by atoms with E-state index in [0.717, 1.165) is 47.1 Å². The van der Waals surface area contributed by atoms with Crippen LogP contribution in [-0.4, -0.2) is 50.1 Å². The first-order valence-corrected chi connectivity index (χ1v) is 12.0. The van der Waals surface area contributed by atoms with Crippen molar-refractivity contribution in [2.45, 2.75) is 26.0 Å². The Kier molecular flexibility index (Phi) is 8.46. The van der Waals surface area contributed by atoms with E-state index >= 15 is 0 Å². The molecule has 7 heteroatoms. The Balaban J connectivity index is 1.21. The molecule has 0 saturated heterocycles. The fraction of sp³-hybridized carbons (Fsp3) is 0.321. The van der Waals surface area contributed by atoms with Crippen molar-refractivity contribution in [3.8, 4) is 11.5 Å². The van der Waals surface area contributed by atoms with E-state index in [-0.39, 0.29) is 0 Å². The number of nitrogens with one attached hydrogen (secondary N) is 1. The van der Waals surface area contributed by atoms with Gasteiger partial charge in [0.1, 0.15) is 24.7 Å². The van der Waals surface area contributed by atoms with E-state index in [0.29, 0.717) is 32.8 Å². The number of rotatable bonds is 12. The van der Waals surface area contributed by atoms with E-state index in [1.807, 2.05) is 66.7 Å². The molecule has 0 bridgehead atoms. The largest absolute Gasteiger partial charge is 0.492 e. The summed E-state index contributed by atoms with van der Waals surface area (Å²) in [6, 6.07) is 24.0. The number of aliphatic carboxylic acids is 1. The Labute approximate surface area is 206 Å². The predicted octanol–water partition coefficient (Wildman–Crippen LogP) is 4.61. The van der Waals surface area contributed by atoms with Crippen molar-refractivity contribution in [2.24, 2.45) is 0 Å². The second-order valence-electron chi connectivity index (χ2n) is 8.33. The van der Waals surface area contributed by atoms with E-state index in [1.54, 1.807) is 6.92 Å². The summed E-state index contributed by atoms with van der Waals surface area (Å²) in [4.78, 5) is 13.6. The highest BCUT2D eigenvalue weighted by atomic mass is 16.5. The Morgan fingerprint density at radius 2 is 1.80 bits per heavy atom. The molecule has 0 amide bonds. The van der Waals surface area contributed by atoms with Gasteiger partial charge in [-0.1, -0.05) is 36.4 Å². The average molecular weight is 477 g/mol. The Morgan fingerprint density at radius 3 is 2.54 bits per heavy atom. The summed E-state index contributed by atoms with van der Waals surface area (Å²) in [6.07, 6.45) is -0.453. The summed E-state index contributed by atoms with van der Waals surface area (Å²) < 4.78 is 17.0. The number of ether oxygens (including phenoxy) is 3. The van der Waals surface area contributed by atoms with E-state index in [9.17, 15) is 9.90 Å². The number of hydrogen-bond acceptors (Lipinski definition) is 6. The standard InChI is InChI=1S/C28H32N2O5/c1-2-33-27(28(31)32)19-21-7-9-22(10-8-21)20-29-23-11-13-24(14-12-23)34-17-15-30-16-18-35-26-6-4-3-5-25(26)30/h3-14,27,29H,2,15-20H2,1H3,(H,31,32). The maximum absolute atomic E-state index is 11.3. The number of nitrogens with zero attached hydrogens (tertiary/aromatic N) is 1. The van der Waals surface area contributed by atoms with E-state index in [1.165, 1.54) is 0 Å². The lowest BCUT2D eigenvalue weighted by atomic mass is 10.1. The molecule has 0 spiro atoms. The number of carboxylic acid groups (broad SMARTS) is 1. The number of anilines is 2. The summed E-state index contributed by atoms with van der Waals surface area (Å²) in [5.74, 6) is 0.832. The smallest absolute Gasteiger partial charge is 0.333 e. The second-order valence-corrected chi connectivity index (χ2v) is 8.33. The molecule has 1 heterocycles. The lowest BCUT2D eigenvalue weighted by Gasteiger charge is -2.31. The minimum absolute atomic E-state index is 0.358. The summed E-state index contributed by atoms with van der Waals surface area (Å²) in [6.45, 7) is 5.80. The maximum Gasteiger partial charge on any atom is 0.333 e. The molecule has 184 valence electrons. The number of para-hydroxylation sites is 2. The molecule has 2 N–H and O–H groups in total. The van der Waals surface area contributed by atoms with Crippen molar-refractivity contribution in [3.63, 3.8) is 0 Å². The van der Waals surface area contributed by atoms with Crippen LogP contribution < -0.4 is 19.7 Å². The van der Waals surface area contributed by atoms with Crippen molar-refractivity contribution in [1.29, 1.82) is 0 Å². The molecule has 1 aliphatic heterocycles. The highest BCUT2D eigenvalue weighted by Crippen LogP contribution is 2.30. The molecule has 0 radical (unpaired) electrons. The first-order valence-electron chi connectivity index (χ1n) is 12.0. The summed E-state index contributed by atoms with van der Waals surface area (Å²) in [5, 5.41) is 12.7. The molecule has 0 fully saturated rings. The Hall–Kier alpha value is -3.71. The van der Waals surface area contributed by atoms with Crippen LogP contribution in [0.2, 0.25) is 0 Å². The normalized spacial score (nSPS) is 13.5. The van der Waals surface area contributed by atoms with Gasteiger partial charge in [0.2, 0.25) is 0 Å². The predicted molar refractivity (Wildman–Crippen MR) is 137 cm³/mol. The van der Waals surface area contributed by atoms with Crippen molar-refractivity contribution < 1.29 is 24.1 Å². The van der Waals surface area contributed by atoms with Gasteiger partial charge in [0.25, 0.3) is 0 Å². The number of fused-ring (bicyclic) bond motifs is 1. The fourth-order valence-electron chi connectivity index (χ4n) is 4.03. The van der Waals surface area contributed by atoms with Crippen LogP contribution in [0.15, 0.2) is 72.8 Å². The molecule has 1 unspecified atom stereocenters. The third-order valence-corrected chi connectivity index (χ3v) is 5.89. The molecule has 3 aromatic rings. The molecule has 1 atom stereocenters. The molecular weight excluding hydrogens is 444 g/mol. The number of benzene rings is 3. The topological polar surface area (TPSA) is 80.3 Å². The molecule has 0 saturated carbocycles. The van der Waals surface area contributed by atoms with Crippen LogP contribution in [0, 0.1) is 0 Å². The fourth-order valence-corrected chi connectivity index (χ4v) is 4.03. The van der Waals surface area contributed by atoms with Crippen molar-refractivity contribution in [2.75, 3.05) is 43.1 Å². The zero-order valence-electron chi connectivity index (χ0n) is 20.0. The van der Waals surface area contributed by atoms with Gasteiger partial charge in [0.15, 0.2) is 6.10 Å². The molecule has 3 aromatic carbocycles. The van der Waals surface area contributed by atoms with Crippen LogP contribution in [0.4, 0.5) is 11.4 Å². The van der Waals surface area contributed by atoms with Crippen molar-refractivity contribution in [1.82, 2.24) is 0 Å². The van der Waals surface area contributed by atoms with Gasteiger partial charge in [-0.15, -0.1) is 0 Å². The van der Waals surface area contributed by atoms with Crippen LogP contribution in [0.5, 0.6) is 11.5 Å². The van der Waals surface area contributed by atoms with Gasteiger partial charge in [-0.25, -0.2) is 4.79 Å². The van der Waals surface area contributed by atoms with Gasteiger partial charge in [-0.2, -0.15) is 0 Å². The molecule has 35 heavy (non-hydrogen) atoms. The van der Waals surface area contributed by atoms with Crippen LogP contribution in [0.3, 0.4) is 0 Å². The van der Waals surface area contributed by atoms with Crippen LogP contribution in [0.25, 0.3) is 0 Å². The molecule has 7 nitrogen and oxygen atoms in total. The molecule has 4 rings (SSSR count). The molecule has 0 aliphatic carbocycles. The lowest BCUT2D eigenvalue weighted by molar-refractivity contribution is -0.149. The summed E-state index contributed by atoms with van der Waals surface area (Å²) >= 11 is 0. The minimum atomic E-state index is -0.934. The van der Waals surface area contributed by atoms with Gasteiger partial charge in [0, 0.05) is 25.3 Å². The maximum atomic E-state index is 11.3. The Bertz CT molecular complexity index is 1090. The molecule has 0 aromatic heterocycles. The van der Waals surface area contributed by atoms with Gasteiger partial charge in [0.05, 0.1) is 18.8 Å². The highest BCUT2D eigenvalue weighted by Gasteiger charge is 2.18. The van der Waals surface area contributed by atoms with E-state index in [2.05, 4.69) is 16.3 Å². The van der Waals surface area contributed by atoms with Crippen LogP contribution in [0.1, 0.15) is 18.1 Å². The zero-order chi connectivity index (χ0) is 24.5. The summed E-state index contributed by atoms with van der Waals surface area (Å²) in [7, 11) is 0. The van der Waals surface area contributed by atoms with Crippen molar-refractivity contribution >= 4 is 17.3 Å². The van der Waals surface area contributed by atoms with Crippen LogP contribution >= 0.6 is 0 Å². The number of carboxylic acids is 1. The highest BCUT2D eigenvalue weighted by molar-refractivity contribution is 5.72. The molecular formula is C28H32N2O5. The van der Waals surface area contributed by atoms with Gasteiger partial charge in [-0.3, -0.25) is 0 Å². The van der Waals surface area contributed by atoms with Crippen molar-refractivity contribution in [3.05, 3.63) is 83.9 Å². The van der Waals surface area contributed by atoms with Gasteiger partial charge < -0.3 is 29.5 Å². The van der Waals surface area contributed by atoms with Gasteiger partial charge in [-0.05, 0) is 54.4 Å². The van der Waals surface area contributed by atoms with E-state index < -0.39 is 12.1 Å². The third-order valence-electron chi connectivity index (χ3n) is 5.89. The SMILES string of the molecule is CCOC(Cc1ccc(CNc2ccc(OCCN3CCOc4ccccc43)cc2)cc1)C(=O)O. The van der Waals surface area contributed by atoms with Crippen LogP contribution in [-0.2, 0) is 22.5 Å². The third kappa shape index (κ3) is 6.90. The first-order chi connectivity index (χ1) is 17.1. The number of hydrogen-bond donors (Lipinski definition) is 2. The van der Waals surface area contributed by atoms with E-state index in [4.69, 9.17) is 14.2 Å². The average Bonchev–Trinajstić information content (AvgIpc) is 2.89. The second kappa shape index (κ2) is 12.1. The molecule has 1 aliphatic rings. The monoisotopic (exact) mass is 476 g/mol. The lowest BCUT2D eigenvalue weighted by Crippen LogP contribution is -2.35. The quantitative estimate of drug-likeness (QED) is 0.395. The first kappa shape index (κ1) is 24.4. The minimum Gasteiger partial charge on any atom is -0.492 e. The number of carbonyl (C=O) groups is 1. The zero-order valence-corrected chi connectivity index (χ0v) is 20.0. The summed E-state index contributed by atoms with van der Waals surface area (Å²) in [5.41, 5.74) is 4.18. The van der Waals surface area contributed by atoms with Gasteiger partial charge >= 0.3 is 5.97 Å².